The monoisotopic (exact) mass is 270 g/mol. The second-order valence-corrected chi connectivity index (χ2v) is 7.55. The predicted molar refractivity (Wildman–Crippen MR) is 87.8 cm³/mol. The Bertz CT molecular complexity index is 228. The number of hydrogen-bond acceptors (Lipinski definition) is 2. The Hall–Kier alpha value is -0.0800. The van der Waals surface area contributed by atoms with Gasteiger partial charge in [0.15, 0.2) is 0 Å². The fraction of sp³-hybridized carbons (Fsp3) is 1.00. The second-order valence-electron chi connectivity index (χ2n) is 7.55. The lowest BCUT2D eigenvalue weighted by Crippen LogP contribution is -2.48. The minimum Gasteiger partial charge on any atom is -0.311 e. The third-order valence-electron chi connectivity index (χ3n) is 4.10. The van der Waals surface area contributed by atoms with Gasteiger partial charge in [-0.2, -0.15) is 0 Å². The maximum absolute atomic E-state index is 3.70. The van der Waals surface area contributed by atoms with Gasteiger partial charge in [0.25, 0.3) is 0 Å². The molecule has 0 amide bonds. The number of nitrogens with zero attached hydrogens (tertiary/aromatic N) is 1. The molecule has 0 aliphatic rings. The molecule has 0 saturated heterocycles. The van der Waals surface area contributed by atoms with Crippen molar-refractivity contribution in [1.82, 2.24) is 10.2 Å². The lowest BCUT2D eigenvalue weighted by atomic mass is 9.83. The van der Waals surface area contributed by atoms with Crippen molar-refractivity contribution in [3.05, 3.63) is 0 Å². The van der Waals surface area contributed by atoms with Gasteiger partial charge in [-0.05, 0) is 52.5 Å². The SMILES string of the molecule is CCCC(C)(CNC(C)(C)C)CN(C)C(CC)CC. The summed E-state index contributed by atoms with van der Waals surface area (Å²) in [4.78, 5) is 2.57. The van der Waals surface area contributed by atoms with E-state index in [9.17, 15) is 0 Å². The quantitative estimate of drug-likeness (QED) is 0.672. The van der Waals surface area contributed by atoms with Crippen LogP contribution in [-0.4, -0.2) is 36.6 Å². The van der Waals surface area contributed by atoms with Crippen molar-refractivity contribution in [2.75, 3.05) is 20.1 Å². The molecule has 0 bridgehead atoms. The first-order valence-electron chi connectivity index (χ1n) is 8.12. The molecular formula is C17H38N2. The Balaban J connectivity index is 4.60. The van der Waals surface area contributed by atoms with Crippen LogP contribution in [0.15, 0.2) is 0 Å². The Morgan fingerprint density at radius 2 is 1.53 bits per heavy atom. The molecular weight excluding hydrogens is 232 g/mol. The highest BCUT2D eigenvalue weighted by Gasteiger charge is 2.28. The molecule has 0 fully saturated rings. The molecule has 2 nitrogen and oxygen atoms in total. The highest BCUT2D eigenvalue weighted by atomic mass is 15.1. The number of hydrogen-bond donors (Lipinski definition) is 1. The summed E-state index contributed by atoms with van der Waals surface area (Å²) < 4.78 is 0. The fourth-order valence-electron chi connectivity index (χ4n) is 2.95. The first kappa shape index (κ1) is 18.9. The Labute approximate surface area is 122 Å². The van der Waals surface area contributed by atoms with Crippen molar-refractivity contribution in [1.29, 1.82) is 0 Å². The normalized spacial score (nSPS) is 16.1. The van der Waals surface area contributed by atoms with Crippen LogP contribution in [0.4, 0.5) is 0 Å². The van der Waals surface area contributed by atoms with E-state index in [1.54, 1.807) is 0 Å². The molecule has 2 heteroatoms. The molecule has 0 radical (unpaired) electrons. The summed E-state index contributed by atoms with van der Waals surface area (Å²) in [6, 6.07) is 0.728. The zero-order chi connectivity index (χ0) is 15.1. The molecule has 0 aliphatic carbocycles. The van der Waals surface area contributed by atoms with Crippen LogP contribution in [0.5, 0.6) is 0 Å². The molecule has 116 valence electrons. The molecule has 1 atom stereocenters. The van der Waals surface area contributed by atoms with Crippen LogP contribution < -0.4 is 5.32 Å². The topological polar surface area (TPSA) is 15.3 Å². The van der Waals surface area contributed by atoms with Gasteiger partial charge in [0.2, 0.25) is 0 Å². The molecule has 0 spiro atoms. The van der Waals surface area contributed by atoms with E-state index in [1.807, 2.05) is 0 Å². The van der Waals surface area contributed by atoms with Crippen molar-refractivity contribution < 1.29 is 0 Å². The van der Waals surface area contributed by atoms with Crippen LogP contribution in [0.1, 0.15) is 74.1 Å². The second kappa shape index (κ2) is 8.26. The van der Waals surface area contributed by atoms with E-state index in [0.717, 1.165) is 12.6 Å². The summed E-state index contributed by atoms with van der Waals surface area (Å²) >= 11 is 0. The van der Waals surface area contributed by atoms with E-state index in [4.69, 9.17) is 0 Å². The zero-order valence-electron chi connectivity index (χ0n) is 14.8. The first-order chi connectivity index (χ1) is 8.67. The zero-order valence-corrected chi connectivity index (χ0v) is 14.8. The highest BCUT2D eigenvalue weighted by Crippen LogP contribution is 2.26. The average molecular weight is 271 g/mol. The van der Waals surface area contributed by atoms with Gasteiger partial charge < -0.3 is 10.2 Å². The van der Waals surface area contributed by atoms with Gasteiger partial charge in [-0.25, -0.2) is 0 Å². The van der Waals surface area contributed by atoms with Gasteiger partial charge in [0.1, 0.15) is 0 Å². The lowest BCUT2D eigenvalue weighted by Gasteiger charge is -2.39. The van der Waals surface area contributed by atoms with Gasteiger partial charge in [-0.15, -0.1) is 0 Å². The molecule has 0 heterocycles. The van der Waals surface area contributed by atoms with E-state index in [2.05, 4.69) is 65.7 Å². The Morgan fingerprint density at radius 3 is 1.89 bits per heavy atom. The standard InChI is InChI=1S/C17H38N2/c1-9-12-17(7,13-18-16(4,5)6)14-19(8)15(10-2)11-3/h15,18H,9-14H2,1-8H3. The highest BCUT2D eigenvalue weighted by molar-refractivity contribution is 4.84. The van der Waals surface area contributed by atoms with E-state index in [1.165, 1.54) is 32.2 Å². The molecule has 0 aliphatic heterocycles. The summed E-state index contributed by atoms with van der Waals surface area (Å²) in [6.45, 7) is 18.4. The van der Waals surface area contributed by atoms with Gasteiger partial charge in [-0.3, -0.25) is 0 Å². The largest absolute Gasteiger partial charge is 0.311 e. The molecule has 0 aromatic heterocycles. The van der Waals surface area contributed by atoms with Crippen LogP contribution in [0.3, 0.4) is 0 Å². The lowest BCUT2D eigenvalue weighted by molar-refractivity contribution is 0.123. The molecule has 0 rings (SSSR count). The molecule has 0 saturated carbocycles. The van der Waals surface area contributed by atoms with Gasteiger partial charge in [0.05, 0.1) is 0 Å². The van der Waals surface area contributed by atoms with Crippen LogP contribution in [0, 0.1) is 5.41 Å². The van der Waals surface area contributed by atoms with Gasteiger partial charge in [0, 0.05) is 24.7 Å². The first-order valence-corrected chi connectivity index (χ1v) is 8.12. The summed E-state index contributed by atoms with van der Waals surface area (Å²) in [5.74, 6) is 0. The predicted octanol–water partition coefficient (Wildman–Crippen LogP) is 4.30. The maximum Gasteiger partial charge on any atom is 0.00967 e. The molecule has 0 aromatic rings. The summed E-state index contributed by atoms with van der Waals surface area (Å²) in [5, 5.41) is 3.70. The van der Waals surface area contributed by atoms with E-state index in [0.29, 0.717) is 5.41 Å². The van der Waals surface area contributed by atoms with Crippen LogP contribution in [-0.2, 0) is 0 Å². The number of rotatable bonds is 9. The molecule has 1 N–H and O–H groups in total. The van der Waals surface area contributed by atoms with Gasteiger partial charge >= 0.3 is 0 Å². The van der Waals surface area contributed by atoms with Crippen molar-refractivity contribution in [2.24, 2.45) is 5.41 Å². The Morgan fingerprint density at radius 1 is 1.00 bits per heavy atom. The number of nitrogens with one attached hydrogen (secondary N) is 1. The Kier molecular flexibility index (Phi) is 8.23. The molecule has 0 aromatic carbocycles. The van der Waals surface area contributed by atoms with E-state index in [-0.39, 0.29) is 5.54 Å². The molecule has 19 heavy (non-hydrogen) atoms. The smallest absolute Gasteiger partial charge is 0.00967 e. The van der Waals surface area contributed by atoms with Crippen LogP contribution in [0.2, 0.25) is 0 Å². The van der Waals surface area contributed by atoms with E-state index < -0.39 is 0 Å². The fourth-order valence-corrected chi connectivity index (χ4v) is 2.95. The van der Waals surface area contributed by atoms with Crippen molar-refractivity contribution >= 4 is 0 Å². The molecule has 1 unspecified atom stereocenters. The maximum atomic E-state index is 3.70. The van der Waals surface area contributed by atoms with Crippen molar-refractivity contribution in [2.45, 2.75) is 85.7 Å². The summed E-state index contributed by atoms with van der Waals surface area (Å²) in [7, 11) is 2.29. The van der Waals surface area contributed by atoms with Crippen molar-refractivity contribution in [3.8, 4) is 0 Å². The van der Waals surface area contributed by atoms with Gasteiger partial charge in [-0.1, -0.05) is 34.1 Å². The summed E-state index contributed by atoms with van der Waals surface area (Å²) in [6.07, 6.45) is 5.06. The minimum atomic E-state index is 0.211. The third kappa shape index (κ3) is 7.94. The average Bonchev–Trinajstić information content (AvgIpc) is 2.27. The third-order valence-corrected chi connectivity index (χ3v) is 4.10. The van der Waals surface area contributed by atoms with Crippen molar-refractivity contribution in [3.63, 3.8) is 0 Å². The minimum absolute atomic E-state index is 0.211. The van der Waals surface area contributed by atoms with Crippen LogP contribution >= 0.6 is 0 Å². The van der Waals surface area contributed by atoms with E-state index >= 15 is 0 Å². The van der Waals surface area contributed by atoms with Crippen LogP contribution in [0.25, 0.3) is 0 Å². The summed E-state index contributed by atoms with van der Waals surface area (Å²) in [5.41, 5.74) is 0.585.